The molecule has 39 heavy (non-hydrogen) atoms. The maximum absolute atomic E-state index is 13.7. The molecule has 1 saturated carbocycles. The largest absolute Gasteiger partial charge is 0.370 e. The molecular formula is C30H34N4O4S. The second-order valence-corrected chi connectivity index (χ2v) is 12.1. The van der Waals surface area contributed by atoms with Gasteiger partial charge in [-0.3, -0.25) is 9.59 Å². The molecule has 3 aromatic carbocycles. The van der Waals surface area contributed by atoms with E-state index in [9.17, 15) is 18.0 Å². The van der Waals surface area contributed by atoms with Gasteiger partial charge in [-0.2, -0.15) is 0 Å². The summed E-state index contributed by atoms with van der Waals surface area (Å²) in [7, 11) is -3.97. The minimum Gasteiger partial charge on any atom is -0.370 e. The molecule has 1 saturated heterocycles. The fourth-order valence-electron chi connectivity index (χ4n) is 5.37. The first-order chi connectivity index (χ1) is 18.7. The summed E-state index contributed by atoms with van der Waals surface area (Å²) < 4.78 is 30.3. The van der Waals surface area contributed by atoms with Crippen molar-refractivity contribution < 1.29 is 18.0 Å². The lowest BCUT2D eigenvalue weighted by molar-refractivity contribution is -0.122. The van der Waals surface area contributed by atoms with Gasteiger partial charge < -0.3 is 16.0 Å². The number of hydrogen-bond donors (Lipinski definition) is 3. The predicted octanol–water partition coefficient (Wildman–Crippen LogP) is 4.17. The Balaban J connectivity index is 1.39. The van der Waals surface area contributed by atoms with Crippen LogP contribution in [-0.2, 0) is 19.6 Å². The van der Waals surface area contributed by atoms with Gasteiger partial charge in [0.15, 0.2) is 0 Å². The molecular weight excluding hydrogens is 512 g/mol. The number of nitrogens with two attached hydrogens (primary N) is 1. The molecule has 8 nitrogen and oxygen atoms in total. The summed E-state index contributed by atoms with van der Waals surface area (Å²) in [6, 6.07) is 23.9. The quantitative estimate of drug-likeness (QED) is 0.372. The number of anilines is 2. The Hall–Kier alpha value is -3.69. The van der Waals surface area contributed by atoms with Gasteiger partial charge in [-0.1, -0.05) is 60.7 Å². The van der Waals surface area contributed by atoms with Crippen LogP contribution in [0.25, 0.3) is 0 Å². The third-order valence-corrected chi connectivity index (χ3v) is 9.31. The highest BCUT2D eigenvalue weighted by Gasteiger charge is 2.44. The maximum Gasteiger partial charge on any atom is 0.243 e. The van der Waals surface area contributed by atoms with Gasteiger partial charge >= 0.3 is 0 Å². The zero-order valence-electron chi connectivity index (χ0n) is 21.9. The van der Waals surface area contributed by atoms with Gasteiger partial charge in [-0.15, -0.1) is 0 Å². The average Bonchev–Trinajstić information content (AvgIpc) is 3.75. The summed E-state index contributed by atoms with van der Waals surface area (Å²) >= 11 is 0. The molecule has 4 N–H and O–H groups in total. The normalized spacial score (nSPS) is 20.3. The fourth-order valence-corrected chi connectivity index (χ4v) is 6.85. The molecule has 2 aliphatic rings. The number of hydrogen-bond acceptors (Lipinski definition) is 5. The predicted molar refractivity (Wildman–Crippen MR) is 152 cm³/mol. The van der Waals surface area contributed by atoms with Gasteiger partial charge in [0.25, 0.3) is 0 Å². The Morgan fingerprint density at radius 2 is 1.59 bits per heavy atom. The molecule has 5 rings (SSSR count). The first-order valence-electron chi connectivity index (χ1n) is 13.3. The van der Waals surface area contributed by atoms with E-state index in [-0.39, 0.29) is 34.5 Å². The van der Waals surface area contributed by atoms with Crippen molar-refractivity contribution in [1.29, 1.82) is 0 Å². The zero-order chi connectivity index (χ0) is 27.6. The van der Waals surface area contributed by atoms with Gasteiger partial charge in [0.1, 0.15) is 4.90 Å². The molecule has 2 fully saturated rings. The number of nitrogens with one attached hydrogen (secondary N) is 2. The monoisotopic (exact) mass is 546 g/mol. The summed E-state index contributed by atoms with van der Waals surface area (Å²) in [5.74, 6) is -0.627. The van der Waals surface area contributed by atoms with Crippen LogP contribution in [0.15, 0.2) is 83.8 Å². The first-order valence-corrected chi connectivity index (χ1v) is 14.8. The Morgan fingerprint density at radius 3 is 2.23 bits per heavy atom. The molecule has 9 heteroatoms. The molecule has 0 bridgehead atoms. The molecule has 0 aromatic heterocycles. The number of nitrogens with zero attached hydrogens (tertiary/aromatic N) is 1. The van der Waals surface area contributed by atoms with Crippen molar-refractivity contribution in [2.45, 2.75) is 43.0 Å². The van der Waals surface area contributed by atoms with E-state index in [1.54, 1.807) is 19.1 Å². The lowest BCUT2D eigenvalue weighted by Gasteiger charge is -2.33. The molecule has 3 aromatic rings. The van der Waals surface area contributed by atoms with Crippen LogP contribution in [0.1, 0.15) is 49.3 Å². The lowest BCUT2D eigenvalue weighted by atomic mass is 9.96. The number of amides is 2. The van der Waals surface area contributed by atoms with Crippen molar-refractivity contribution in [3.63, 3.8) is 0 Å². The molecule has 0 spiro atoms. The van der Waals surface area contributed by atoms with E-state index >= 15 is 0 Å². The van der Waals surface area contributed by atoms with E-state index in [2.05, 4.69) is 10.0 Å². The molecule has 1 heterocycles. The Bertz CT molecular complexity index is 1440. The van der Waals surface area contributed by atoms with E-state index in [4.69, 9.17) is 5.73 Å². The highest BCUT2D eigenvalue weighted by Crippen LogP contribution is 2.48. The van der Waals surface area contributed by atoms with Crippen LogP contribution < -0.4 is 20.7 Å². The number of piperidine rings is 1. The summed E-state index contributed by atoms with van der Waals surface area (Å²) in [4.78, 5) is 26.8. The topological polar surface area (TPSA) is 122 Å². The molecule has 0 radical (unpaired) electrons. The van der Waals surface area contributed by atoms with Gasteiger partial charge in [-0.25, -0.2) is 13.1 Å². The smallest absolute Gasteiger partial charge is 0.243 e. The molecule has 1 aliphatic heterocycles. The number of primary amides is 1. The number of rotatable bonds is 9. The Morgan fingerprint density at radius 1 is 0.949 bits per heavy atom. The van der Waals surface area contributed by atoms with Crippen molar-refractivity contribution >= 4 is 33.2 Å². The minimum absolute atomic E-state index is 0.0935. The maximum atomic E-state index is 13.7. The van der Waals surface area contributed by atoms with Crippen LogP contribution in [-0.4, -0.2) is 33.3 Å². The van der Waals surface area contributed by atoms with Crippen LogP contribution in [0.2, 0.25) is 0 Å². The van der Waals surface area contributed by atoms with Crippen molar-refractivity contribution in [2.24, 2.45) is 17.6 Å². The molecule has 0 unspecified atom stereocenters. The second kappa shape index (κ2) is 11.2. The Kier molecular flexibility index (Phi) is 7.72. The second-order valence-electron chi connectivity index (χ2n) is 10.4. The van der Waals surface area contributed by atoms with Crippen LogP contribution in [0.5, 0.6) is 0 Å². The Labute approximate surface area is 229 Å². The van der Waals surface area contributed by atoms with Crippen molar-refractivity contribution in [1.82, 2.24) is 4.72 Å². The van der Waals surface area contributed by atoms with Gasteiger partial charge in [0, 0.05) is 36.7 Å². The average molecular weight is 547 g/mol. The van der Waals surface area contributed by atoms with Crippen LogP contribution in [0, 0.1) is 11.8 Å². The number of carbonyl (C=O) groups is 2. The summed E-state index contributed by atoms with van der Waals surface area (Å²) in [6.45, 7) is 2.82. The molecule has 3 atom stereocenters. The third kappa shape index (κ3) is 6.15. The van der Waals surface area contributed by atoms with E-state index < -0.39 is 16.1 Å². The van der Waals surface area contributed by atoms with Gasteiger partial charge in [-0.05, 0) is 61.4 Å². The van der Waals surface area contributed by atoms with Crippen molar-refractivity contribution in [3.8, 4) is 0 Å². The molecule has 2 amide bonds. The molecule has 1 aliphatic carbocycles. The SMILES string of the molecule is C[C@@H](NS(=O)(=O)c1cc(NC(=O)[C@@H]2C[C@H]2c2ccccc2)ccc1N1CCC(C(N)=O)CC1)c1ccccc1. The first kappa shape index (κ1) is 26.9. The van der Waals surface area contributed by atoms with E-state index in [0.717, 1.165) is 17.5 Å². The van der Waals surface area contributed by atoms with Crippen LogP contribution in [0.3, 0.4) is 0 Å². The zero-order valence-corrected chi connectivity index (χ0v) is 22.7. The number of benzene rings is 3. The highest BCUT2D eigenvalue weighted by molar-refractivity contribution is 7.89. The van der Waals surface area contributed by atoms with E-state index in [1.165, 1.54) is 6.07 Å². The fraction of sp³-hybridized carbons (Fsp3) is 0.333. The van der Waals surface area contributed by atoms with Crippen molar-refractivity contribution in [2.75, 3.05) is 23.3 Å². The lowest BCUT2D eigenvalue weighted by Crippen LogP contribution is -2.39. The summed E-state index contributed by atoms with van der Waals surface area (Å²) in [5, 5.41) is 2.94. The number of carbonyl (C=O) groups excluding carboxylic acids is 2. The van der Waals surface area contributed by atoms with E-state index in [1.807, 2.05) is 65.6 Å². The standard InChI is InChI=1S/C30H34N4O4S/c1-20(21-8-4-2-5-9-21)33-39(37,38)28-18-24(12-13-27(28)34-16-14-23(15-17-34)29(31)35)32-30(36)26-19-25(26)22-10-6-3-7-11-22/h2-13,18,20,23,25-26,33H,14-17,19H2,1H3,(H2,31,35)(H,32,36)/t20-,25+,26-/m1/s1. The summed E-state index contributed by atoms with van der Waals surface area (Å²) in [5.41, 5.74) is 8.45. The minimum atomic E-state index is -3.97. The van der Waals surface area contributed by atoms with Crippen molar-refractivity contribution in [3.05, 3.63) is 90.0 Å². The third-order valence-electron chi connectivity index (χ3n) is 7.74. The number of sulfonamides is 1. The van der Waals surface area contributed by atoms with Crippen LogP contribution in [0.4, 0.5) is 11.4 Å². The van der Waals surface area contributed by atoms with Gasteiger partial charge in [0.2, 0.25) is 21.8 Å². The summed E-state index contributed by atoms with van der Waals surface area (Å²) in [6.07, 6.45) is 1.89. The highest BCUT2D eigenvalue weighted by atomic mass is 32.2. The van der Waals surface area contributed by atoms with E-state index in [0.29, 0.717) is 37.3 Å². The van der Waals surface area contributed by atoms with Crippen LogP contribution >= 0.6 is 0 Å². The van der Waals surface area contributed by atoms with Gasteiger partial charge in [0.05, 0.1) is 5.69 Å². The molecule has 204 valence electrons.